The van der Waals surface area contributed by atoms with E-state index < -0.39 is 0 Å². The van der Waals surface area contributed by atoms with Crippen LogP contribution in [0.4, 0.5) is 0 Å². The Morgan fingerprint density at radius 2 is 0.905 bits per heavy atom. The lowest BCUT2D eigenvalue weighted by molar-refractivity contribution is 1.01. The summed E-state index contributed by atoms with van der Waals surface area (Å²) >= 11 is 0. The van der Waals surface area contributed by atoms with Gasteiger partial charge in [0, 0.05) is 49.6 Å². The lowest BCUT2D eigenvalue weighted by Crippen LogP contribution is -2.03. The quantitative estimate of drug-likeness (QED) is 0.161. The summed E-state index contributed by atoms with van der Waals surface area (Å²) in [5, 5.41) is 4.99. The van der Waals surface area contributed by atoms with Crippen molar-refractivity contribution in [2.45, 2.75) is 19.8 Å². The zero-order valence-electron chi connectivity index (χ0n) is 34.8. The molecule has 5 heteroatoms. The van der Waals surface area contributed by atoms with E-state index in [1.54, 1.807) is 0 Å². The van der Waals surface area contributed by atoms with Crippen LogP contribution in [0.3, 0.4) is 0 Å². The summed E-state index contributed by atoms with van der Waals surface area (Å²) in [6.07, 6.45) is 8.55. The third kappa shape index (κ3) is 6.45. The van der Waals surface area contributed by atoms with Gasteiger partial charge in [-0.3, -0.25) is 0 Å². The second-order valence-electron chi connectivity index (χ2n) is 16.5. The topological polar surface area (TPSA) is 48.5 Å². The van der Waals surface area contributed by atoms with E-state index >= 15 is 0 Å². The van der Waals surface area contributed by atoms with Gasteiger partial charge in [-0.25, -0.2) is 15.0 Å². The number of para-hydroxylation sites is 2. The fraction of sp³-hybridized carbons (Fsp3) is 0.0517. The largest absolute Gasteiger partial charge is 0.309 e. The van der Waals surface area contributed by atoms with Crippen LogP contribution in [0.15, 0.2) is 206 Å². The molecule has 0 saturated carbocycles. The molecule has 12 rings (SSSR count). The molecule has 0 N–H and O–H groups in total. The number of rotatable bonds is 7. The lowest BCUT2D eigenvalue weighted by Gasteiger charge is -2.13. The Kier molecular flexibility index (Phi) is 8.78. The monoisotopic (exact) mass is 807 g/mol. The summed E-state index contributed by atoms with van der Waals surface area (Å²) in [6.45, 7) is 2.17. The van der Waals surface area contributed by atoms with Crippen molar-refractivity contribution in [3.63, 3.8) is 0 Å². The molecule has 0 fully saturated rings. The Morgan fingerprint density at radius 3 is 1.60 bits per heavy atom. The first kappa shape index (κ1) is 36.7. The minimum Gasteiger partial charge on any atom is -0.309 e. The number of hydrogen-bond donors (Lipinski definition) is 0. The first-order valence-electron chi connectivity index (χ1n) is 21.7. The molecule has 0 radical (unpaired) electrons. The fourth-order valence-corrected chi connectivity index (χ4v) is 9.41. The number of fused-ring (bicyclic) bond motifs is 6. The minimum atomic E-state index is 0.657. The van der Waals surface area contributed by atoms with Crippen molar-refractivity contribution in [2.24, 2.45) is 0 Å². The molecule has 1 aliphatic rings. The molecular weight excluding hydrogens is 767 g/mol. The number of benzene rings is 8. The number of hydrogen-bond acceptors (Lipinski definition) is 3. The molecular formula is C58H41N5. The Labute approximate surface area is 365 Å². The molecule has 0 atom stereocenters. The highest BCUT2D eigenvalue weighted by atomic mass is 15.0. The van der Waals surface area contributed by atoms with Gasteiger partial charge in [0.15, 0.2) is 17.5 Å². The molecule has 3 aromatic heterocycles. The normalized spacial score (nSPS) is 12.7. The maximum absolute atomic E-state index is 5.05. The predicted octanol–water partition coefficient (Wildman–Crippen LogP) is 14.8. The van der Waals surface area contributed by atoms with E-state index in [0.717, 1.165) is 52.0 Å². The van der Waals surface area contributed by atoms with Crippen molar-refractivity contribution >= 4 is 49.2 Å². The summed E-state index contributed by atoms with van der Waals surface area (Å²) in [7, 11) is 0. The Morgan fingerprint density at radius 1 is 0.365 bits per heavy atom. The van der Waals surface area contributed by atoms with Crippen LogP contribution in [-0.4, -0.2) is 24.1 Å². The van der Waals surface area contributed by atoms with E-state index in [9.17, 15) is 0 Å². The second kappa shape index (κ2) is 15.1. The number of aromatic nitrogens is 5. The summed E-state index contributed by atoms with van der Waals surface area (Å²) < 4.78 is 4.81. The van der Waals surface area contributed by atoms with Crippen LogP contribution in [0.1, 0.15) is 24.2 Å². The average Bonchev–Trinajstić information content (AvgIpc) is 3.86. The summed E-state index contributed by atoms with van der Waals surface area (Å²) in [4.78, 5) is 15.0. The first-order chi connectivity index (χ1) is 31.1. The van der Waals surface area contributed by atoms with Gasteiger partial charge < -0.3 is 9.13 Å². The molecule has 0 saturated heterocycles. The van der Waals surface area contributed by atoms with Crippen molar-refractivity contribution in [3.8, 4) is 56.4 Å². The Balaban J connectivity index is 0.967. The lowest BCUT2D eigenvalue weighted by atomic mass is 10.0. The van der Waals surface area contributed by atoms with Gasteiger partial charge in [0.2, 0.25) is 0 Å². The van der Waals surface area contributed by atoms with Crippen LogP contribution in [-0.2, 0) is 0 Å². The van der Waals surface area contributed by atoms with Crippen LogP contribution in [0, 0.1) is 6.92 Å². The zero-order valence-corrected chi connectivity index (χ0v) is 34.8. The van der Waals surface area contributed by atoms with Crippen molar-refractivity contribution < 1.29 is 0 Å². The van der Waals surface area contributed by atoms with E-state index in [0.29, 0.717) is 17.5 Å². The van der Waals surface area contributed by atoms with Crippen molar-refractivity contribution in [1.29, 1.82) is 0 Å². The SMILES string of the molecule is Cc1ccc2c(c1)c1ccc(-c3cccc(-n4c5ccccc5c5ccccc54)c3)cc1n2-c1cccc(-c2cccc(-c3nc(C4=CCCC=C4)nc(-c4ccccc4)n3)c2)c1. The van der Waals surface area contributed by atoms with E-state index in [-0.39, 0.29) is 0 Å². The molecule has 11 aromatic rings. The molecule has 5 nitrogen and oxygen atoms in total. The van der Waals surface area contributed by atoms with E-state index in [1.807, 2.05) is 18.2 Å². The molecule has 1 aliphatic carbocycles. The number of nitrogens with zero attached hydrogens (tertiary/aromatic N) is 5. The van der Waals surface area contributed by atoms with Gasteiger partial charge in [-0.2, -0.15) is 0 Å². The minimum absolute atomic E-state index is 0.657. The van der Waals surface area contributed by atoms with Gasteiger partial charge in [0.1, 0.15) is 0 Å². The molecule has 0 spiro atoms. The van der Waals surface area contributed by atoms with Gasteiger partial charge in [-0.1, -0.05) is 151 Å². The highest BCUT2D eigenvalue weighted by molar-refractivity contribution is 6.11. The van der Waals surface area contributed by atoms with Crippen LogP contribution < -0.4 is 0 Å². The number of allylic oxidation sites excluding steroid dienone is 4. The van der Waals surface area contributed by atoms with Crippen LogP contribution >= 0.6 is 0 Å². The van der Waals surface area contributed by atoms with E-state index in [1.165, 1.54) is 60.3 Å². The highest BCUT2D eigenvalue weighted by Crippen LogP contribution is 2.38. The third-order valence-electron chi connectivity index (χ3n) is 12.4. The van der Waals surface area contributed by atoms with Crippen LogP contribution in [0.2, 0.25) is 0 Å². The van der Waals surface area contributed by atoms with Crippen LogP contribution in [0.25, 0.3) is 106 Å². The van der Waals surface area contributed by atoms with Crippen LogP contribution in [0.5, 0.6) is 0 Å². The Hall–Kier alpha value is -8.15. The third-order valence-corrected chi connectivity index (χ3v) is 12.4. The van der Waals surface area contributed by atoms with Crippen molar-refractivity contribution in [1.82, 2.24) is 24.1 Å². The molecule has 0 bridgehead atoms. The standard InChI is InChI=1S/C58H41N5/c1-38-29-32-54-51(33-38)50-31-30-44(43-21-14-23-46(36-43)62-52-27-10-8-25-48(52)49-26-9-11-28-53(49)62)37-55(50)63(54)47-24-13-20-42(35-47)41-19-12-22-45(34-41)58-60-56(39-15-4-2-5-16-39)59-57(61-58)40-17-6-3-7-18-40/h2,4-6,8-37H,3,7H2,1H3. The van der Waals surface area contributed by atoms with E-state index in [4.69, 9.17) is 15.0 Å². The smallest absolute Gasteiger partial charge is 0.164 e. The molecule has 63 heavy (non-hydrogen) atoms. The number of aryl methyl sites for hydroxylation is 1. The van der Waals surface area contributed by atoms with Gasteiger partial charge >= 0.3 is 0 Å². The van der Waals surface area contributed by atoms with Crippen molar-refractivity contribution in [3.05, 3.63) is 218 Å². The average molecular weight is 808 g/mol. The fourth-order valence-electron chi connectivity index (χ4n) is 9.41. The van der Waals surface area contributed by atoms with Gasteiger partial charge in [-0.05, 0) is 103 Å². The maximum atomic E-state index is 5.05. The summed E-state index contributed by atoms with van der Waals surface area (Å²) in [5.74, 6) is 2.02. The van der Waals surface area contributed by atoms with Gasteiger partial charge in [0.25, 0.3) is 0 Å². The Bertz CT molecular complexity index is 3590. The molecule has 0 aliphatic heterocycles. The molecule has 0 amide bonds. The molecule has 0 unspecified atom stereocenters. The predicted molar refractivity (Wildman–Crippen MR) is 261 cm³/mol. The van der Waals surface area contributed by atoms with Crippen molar-refractivity contribution in [2.75, 3.05) is 0 Å². The van der Waals surface area contributed by atoms with E-state index in [2.05, 4.69) is 204 Å². The summed E-state index contributed by atoms with van der Waals surface area (Å²) in [6, 6.07) is 67.7. The first-order valence-corrected chi connectivity index (χ1v) is 21.7. The van der Waals surface area contributed by atoms with Gasteiger partial charge in [0.05, 0.1) is 22.1 Å². The zero-order chi connectivity index (χ0) is 41.9. The molecule has 3 heterocycles. The summed E-state index contributed by atoms with van der Waals surface area (Å²) in [5.41, 5.74) is 15.7. The molecule has 298 valence electrons. The second-order valence-corrected chi connectivity index (χ2v) is 16.5. The highest BCUT2D eigenvalue weighted by Gasteiger charge is 2.18. The van der Waals surface area contributed by atoms with Gasteiger partial charge in [-0.15, -0.1) is 0 Å². The molecule has 8 aromatic carbocycles. The maximum Gasteiger partial charge on any atom is 0.164 e.